The minimum absolute atomic E-state index is 0.0653. The molecular weight excluding hydrogens is 268 g/mol. The van der Waals surface area contributed by atoms with E-state index >= 15 is 0 Å². The van der Waals surface area contributed by atoms with Gasteiger partial charge < -0.3 is 15.8 Å². The van der Waals surface area contributed by atoms with E-state index in [0.29, 0.717) is 18.7 Å². The number of oxime groups is 1. The lowest BCUT2D eigenvalue weighted by Gasteiger charge is -2.11. The third-order valence-electron chi connectivity index (χ3n) is 2.42. The van der Waals surface area contributed by atoms with Crippen molar-refractivity contribution in [3.8, 4) is 0 Å². The maximum absolute atomic E-state index is 11.9. The molecule has 4 N–H and O–H groups in total. The van der Waals surface area contributed by atoms with Crippen molar-refractivity contribution in [2.75, 3.05) is 27.2 Å². The number of nitrogens with one attached hydrogen (secondary N) is 1. The normalized spacial score (nSPS) is 12.9. The highest BCUT2D eigenvalue weighted by molar-refractivity contribution is 7.89. The molecule has 0 spiro atoms. The van der Waals surface area contributed by atoms with E-state index < -0.39 is 10.0 Å². The quantitative estimate of drug-likeness (QED) is 0.286. The topological polar surface area (TPSA) is 108 Å². The summed E-state index contributed by atoms with van der Waals surface area (Å²) in [6, 6.07) is 5.78. The first-order valence-electron chi connectivity index (χ1n) is 5.59. The van der Waals surface area contributed by atoms with Crippen molar-refractivity contribution < 1.29 is 13.6 Å². The average molecular weight is 286 g/mol. The first-order chi connectivity index (χ1) is 8.86. The molecule has 106 valence electrons. The summed E-state index contributed by atoms with van der Waals surface area (Å²) in [6.45, 7) is 0.943. The minimum Gasteiger partial charge on any atom is -0.409 e. The van der Waals surface area contributed by atoms with Crippen molar-refractivity contribution >= 4 is 15.9 Å². The maximum atomic E-state index is 11.9. The van der Waals surface area contributed by atoms with Crippen LogP contribution in [0.5, 0.6) is 0 Å². The number of nitrogens with zero attached hydrogens (tertiary/aromatic N) is 2. The van der Waals surface area contributed by atoms with Gasteiger partial charge in [-0.2, -0.15) is 0 Å². The smallest absolute Gasteiger partial charge is 0.240 e. The number of rotatable bonds is 6. The number of hydrogen-bond donors (Lipinski definition) is 3. The largest absolute Gasteiger partial charge is 0.409 e. The molecule has 0 aliphatic rings. The van der Waals surface area contributed by atoms with Gasteiger partial charge in [-0.05, 0) is 38.4 Å². The van der Waals surface area contributed by atoms with Crippen LogP contribution in [0.1, 0.15) is 5.56 Å². The number of sulfonamides is 1. The molecule has 0 amide bonds. The van der Waals surface area contributed by atoms with E-state index in [1.165, 1.54) is 24.3 Å². The van der Waals surface area contributed by atoms with Crippen LogP contribution in [-0.4, -0.2) is 51.5 Å². The fourth-order valence-electron chi connectivity index (χ4n) is 1.35. The molecule has 0 saturated heterocycles. The first-order valence-corrected chi connectivity index (χ1v) is 7.07. The van der Waals surface area contributed by atoms with Crippen LogP contribution < -0.4 is 10.5 Å². The second kappa shape index (κ2) is 6.50. The molecule has 1 aromatic carbocycles. The number of benzene rings is 1. The van der Waals surface area contributed by atoms with Crippen molar-refractivity contribution in [3.63, 3.8) is 0 Å². The summed E-state index contributed by atoms with van der Waals surface area (Å²) in [5, 5.41) is 11.4. The summed E-state index contributed by atoms with van der Waals surface area (Å²) in [4.78, 5) is 2.02. The van der Waals surface area contributed by atoms with Crippen molar-refractivity contribution in [1.29, 1.82) is 0 Å². The molecule has 19 heavy (non-hydrogen) atoms. The standard InChI is InChI=1S/C11H18N4O3S/c1-15(2)8-7-13-19(17,18)10-5-3-9(4-6-10)11(12)14-16/h3-6,13,16H,7-8H2,1-2H3,(H2,12,14). The molecule has 0 heterocycles. The highest BCUT2D eigenvalue weighted by atomic mass is 32.2. The fraction of sp³-hybridized carbons (Fsp3) is 0.364. The molecule has 0 saturated carbocycles. The molecule has 1 aromatic rings. The van der Waals surface area contributed by atoms with Gasteiger partial charge in [0.05, 0.1) is 4.90 Å². The zero-order chi connectivity index (χ0) is 14.5. The van der Waals surface area contributed by atoms with E-state index in [9.17, 15) is 8.42 Å². The van der Waals surface area contributed by atoms with Crippen LogP contribution in [-0.2, 0) is 10.0 Å². The fourth-order valence-corrected chi connectivity index (χ4v) is 2.37. The number of nitrogens with two attached hydrogens (primary N) is 1. The third-order valence-corrected chi connectivity index (χ3v) is 3.90. The summed E-state index contributed by atoms with van der Waals surface area (Å²) < 4.78 is 26.3. The van der Waals surface area contributed by atoms with E-state index in [4.69, 9.17) is 10.9 Å². The molecule has 1 rings (SSSR count). The first kappa shape index (κ1) is 15.4. The molecule has 8 heteroatoms. The number of likely N-dealkylation sites (N-methyl/N-ethyl adjacent to an activating group) is 1. The van der Waals surface area contributed by atoms with Crippen LogP contribution in [0.15, 0.2) is 34.3 Å². The predicted octanol–water partition coefficient (Wildman–Crippen LogP) is -0.379. The van der Waals surface area contributed by atoms with Gasteiger partial charge in [0.2, 0.25) is 10.0 Å². The Balaban J connectivity index is 2.79. The van der Waals surface area contributed by atoms with Crippen molar-refractivity contribution in [3.05, 3.63) is 29.8 Å². The number of amidine groups is 1. The highest BCUT2D eigenvalue weighted by Crippen LogP contribution is 2.10. The Labute approximate surface area is 112 Å². The lowest BCUT2D eigenvalue weighted by atomic mass is 10.2. The van der Waals surface area contributed by atoms with Crippen LogP contribution >= 0.6 is 0 Å². The molecule has 0 aromatic heterocycles. The van der Waals surface area contributed by atoms with Crippen molar-refractivity contribution in [2.24, 2.45) is 10.9 Å². The molecule has 0 radical (unpaired) electrons. The van der Waals surface area contributed by atoms with Gasteiger partial charge >= 0.3 is 0 Å². The second-order valence-corrected chi connectivity index (χ2v) is 5.98. The monoisotopic (exact) mass is 286 g/mol. The van der Waals surface area contributed by atoms with Crippen LogP contribution in [0.3, 0.4) is 0 Å². The lowest BCUT2D eigenvalue weighted by molar-refractivity contribution is 0.318. The highest BCUT2D eigenvalue weighted by Gasteiger charge is 2.13. The summed E-state index contributed by atoms with van der Waals surface area (Å²) in [6.07, 6.45) is 0. The molecule has 0 atom stereocenters. The molecule has 0 aliphatic heterocycles. The van der Waals surface area contributed by atoms with Crippen LogP contribution in [0.25, 0.3) is 0 Å². The minimum atomic E-state index is -3.52. The van der Waals surface area contributed by atoms with Crippen molar-refractivity contribution in [2.45, 2.75) is 4.90 Å². The van der Waals surface area contributed by atoms with E-state index in [1.807, 2.05) is 19.0 Å². The van der Waals surface area contributed by atoms with Gasteiger partial charge in [-0.3, -0.25) is 0 Å². The summed E-state index contributed by atoms with van der Waals surface area (Å²) in [7, 11) is 0.197. The lowest BCUT2D eigenvalue weighted by Crippen LogP contribution is -2.31. The maximum Gasteiger partial charge on any atom is 0.240 e. The summed E-state index contributed by atoms with van der Waals surface area (Å²) in [5.74, 6) is -0.0653. The molecule has 0 unspecified atom stereocenters. The van der Waals surface area contributed by atoms with E-state index in [0.717, 1.165) is 0 Å². The Kier molecular flexibility index (Phi) is 5.28. The van der Waals surface area contributed by atoms with Gasteiger partial charge in [-0.15, -0.1) is 0 Å². The Morgan fingerprint density at radius 2 is 1.95 bits per heavy atom. The zero-order valence-corrected chi connectivity index (χ0v) is 11.7. The molecule has 0 aliphatic carbocycles. The Morgan fingerprint density at radius 1 is 1.37 bits per heavy atom. The van der Waals surface area contributed by atoms with E-state index in [-0.39, 0.29) is 10.7 Å². The van der Waals surface area contributed by atoms with Crippen LogP contribution in [0.2, 0.25) is 0 Å². The number of hydrogen-bond acceptors (Lipinski definition) is 5. The molecular formula is C11H18N4O3S. The Morgan fingerprint density at radius 3 is 2.42 bits per heavy atom. The average Bonchev–Trinajstić information content (AvgIpc) is 2.37. The van der Waals surface area contributed by atoms with Gasteiger partial charge in [-0.1, -0.05) is 5.16 Å². The summed E-state index contributed by atoms with van der Waals surface area (Å²) in [5.41, 5.74) is 5.85. The summed E-state index contributed by atoms with van der Waals surface area (Å²) >= 11 is 0. The molecule has 7 nitrogen and oxygen atoms in total. The third kappa shape index (κ3) is 4.51. The van der Waals surface area contributed by atoms with Gasteiger partial charge in [0.25, 0.3) is 0 Å². The second-order valence-electron chi connectivity index (χ2n) is 4.21. The van der Waals surface area contributed by atoms with Crippen LogP contribution in [0, 0.1) is 0 Å². The van der Waals surface area contributed by atoms with Gasteiger partial charge in [0, 0.05) is 18.7 Å². The van der Waals surface area contributed by atoms with Gasteiger partial charge in [0.1, 0.15) is 0 Å². The predicted molar refractivity (Wildman–Crippen MR) is 72.7 cm³/mol. The van der Waals surface area contributed by atoms with Gasteiger partial charge in [-0.25, -0.2) is 13.1 Å². The van der Waals surface area contributed by atoms with Crippen molar-refractivity contribution in [1.82, 2.24) is 9.62 Å². The van der Waals surface area contributed by atoms with E-state index in [1.54, 1.807) is 0 Å². The zero-order valence-electron chi connectivity index (χ0n) is 10.9. The Hall–Kier alpha value is -1.64. The SMILES string of the molecule is CN(C)CCNS(=O)(=O)c1ccc(/C(N)=N/O)cc1. The van der Waals surface area contributed by atoms with Crippen LogP contribution in [0.4, 0.5) is 0 Å². The van der Waals surface area contributed by atoms with Gasteiger partial charge in [0.15, 0.2) is 5.84 Å². The van der Waals surface area contributed by atoms with E-state index in [2.05, 4.69) is 9.88 Å². The Bertz CT molecular complexity index is 538. The molecule has 0 fully saturated rings. The molecule has 0 bridgehead atoms.